The minimum absolute atomic E-state index is 0.158. The highest BCUT2D eigenvalue weighted by Crippen LogP contribution is 2.29. The first kappa shape index (κ1) is 9.15. The highest BCUT2D eigenvalue weighted by Gasteiger charge is 2.17. The van der Waals surface area contributed by atoms with Gasteiger partial charge < -0.3 is 9.72 Å². The van der Waals surface area contributed by atoms with Gasteiger partial charge in [0.05, 0.1) is 24.6 Å². The summed E-state index contributed by atoms with van der Waals surface area (Å²) in [5.41, 5.74) is 2.98. The first-order valence-corrected chi connectivity index (χ1v) is 5.15. The van der Waals surface area contributed by atoms with Gasteiger partial charge in [0.25, 0.3) is 0 Å². The van der Waals surface area contributed by atoms with Crippen LogP contribution < -0.4 is 4.74 Å². The van der Waals surface area contributed by atoms with Crippen molar-refractivity contribution in [2.75, 3.05) is 0 Å². The van der Waals surface area contributed by atoms with Crippen molar-refractivity contribution < 1.29 is 9.53 Å². The number of aromatic nitrogens is 2. The fraction of sp³-hybridized carbons (Fsp3) is 0.167. The molecule has 0 saturated carbocycles. The number of carbonyl (C=O) groups excluding carboxylic acids is 1. The fourth-order valence-electron chi connectivity index (χ4n) is 1.85. The molecule has 1 aliphatic rings. The van der Waals surface area contributed by atoms with E-state index >= 15 is 0 Å². The summed E-state index contributed by atoms with van der Waals surface area (Å²) in [5.74, 6) is 0.512. The molecule has 1 aliphatic heterocycles. The Hall–Kier alpha value is -2.10. The molecule has 1 aromatic carbocycles. The quantitative estimate of drug-likeness (QED) is 0.583. The maximum Gasteiger partial charge on any atom is 0.311 e. The maximum atomic E-state index is 11.2. The van der Waals surface area contributed by atoms with E-state index in [1.54, 1.807) is 12.5 Å². The van der Waals surface area contributed by atoms with Gasteiger partial charge in [0.2, 0.25) is 0 Å². The van der Waals surface area contributed by atoms with Crippen molar-refractivity contribution in [2.45, 2.75) is 12.8 Å². The molecule has 4 nitrogen and oxygen atoms in total. The molecular formula is C12H10N2O2. The van der Waals surface area contributed by atoms with Gasteiger partial charge in [0.15, 0.2) is 0 Å². The van der Waals surface area contributed by atoms with Crippen LogP contribution in [0.4, 0.5) is 0 Å². The van der Waals surface area contributed by atoms with Crippen molar-refractivity contribution in [3.8, 4) is 17.0 Å². The summed E-state index contributed by atoms with van der Waals surface area (Å²) in [5, 5.41) is 0. The lowest BCUT2D eigenvalue weighted by Crippen LogP contribution is -2.15. The largest absolute Gasteiger partial charge is 0.426 e. The molecule has 0 bridgehead atoms. The molecule has 2 aromatic rings. The predicted molar refractivity (Wildman–Crippen MR) is 58.0 cm³/mol. The second kappa shape index (κ2) is 3.48. The number of rotatable bonds is 1. The average Bonchev–Trinajstić information content (AvgIpc) is 2.81. The Balaban J connectivity index is 2.04. The molecule has 0 atom stereocenters. The summed E-state index contributed by atoms with van der Waals surface area (Å²) in [7, 11) is 0. The lowest BCUT2D eigenvalue weighted by molar-refractivity contribution is -0.135. The number of H-pyrrole nitrogens is 1. The van der Waals surface area contributed by atoms with E-state index in [2.05, 4.69) is 9.97 Å². The van der Waals surface area contributed by atoms with Crippen LogP contribution in [-0.2, 0) is 11.2 Å². The normalized spacial score (nSPS) is 14.4. The number of imidazole rings is 1. The molecule has 0 spiro atoms. The van der Waals surface area contributed by atoms with E-state index in [1.165, 1.54) is 0 Å². The van der Waals surface area contributed by atoms with E-state index in [0.717, 1.165) is 23.2 Å². The third-order valence-electron chi connectivity index (χ3n) is 2.70. The Kier molecular flexibility index (Phi) is 1.99. The highest BCUT2D eigenvalue weighted by molar-refractivity contribution is 5.76. The van der Waals surface area contributed by atoms with E-state index in [-0.39, 0.29) is 5.97 Å². The zero-order valence-electron chi connectivity index (χ0n) is 8.56. The molecule has 16 heavy (non-hydrogen) atoms. The monoisotopic (exact) mass is 214 g/mol. The lowest BCUT2D eigenvalue weighted by Gasteiger charge is -2.15. The van der Waals surface area contributed by atoms with Gasteiger partial charge in [-0.2, -0.15) is 0 Å². The van der Waals surface area contributed by atoms with Crippen LogP contribution in [0, 0.1) is 0 Å². The molecule has 0 amide bonds. The Bertz CT molecular complexity index is 532. The number of nitrogens with zero attached hydrogens (tertiary/aromatic N) is 1. The second-order valence-electron chi connectivity index (χ2n) is 3.76. The third kappa shape index (κ3) is 1.48. The van der Waals surface area contributed by atoms with Gasteiger partial charge >= 0.3 is 5.97 Å². The Labute approximate surface area is 92.3 Å². The Morgan fingerprint density at radius 3 is 3.06 bits per heavy atom. The van der Waals surface area contributed by atoms with Gasteiger partial charge in [-0.1, -0.05) is 12.1 Å². The van der Waals surface area contributed by atoms with Crippen molar-refractivity contribution in [3.05, 3.63) is 36.3 Å². The Morgan fingerprint density at radius 2 is 2.25 bits per heavy atom. The number of carbonyl (C=O) groups is 1. The van der Waals surface area contributed by atoms with Crippen molar-refractivity contribution in [1.29, 1.82) is 0 Å². The van der Waals surface area contributed by atoms with Crippen molar-refractivity contribution in [2.24, 2.45) is 0 Å². The zero-order valence-corrected chi connectivity index (χ0v) is 8.56. The summed E-state index contributed by atoms with van der Waals surface area (Å²) < 4.78 is 5.20. The van der Waals surface area contributed by atoms with Gasteiger partial charge in [-0.3, -0.25) is 4.79 Å². The molecule has 3 rings (SSSR count). The summed E-state index contributed by atoms with van der Waals surface area (Å²) in [6.45, 7) is 0. The molecule has 4 heteroatoms. The van der Waals surface area contributed by atoms with E-state index in [9.17, 15) is 4.79 Å². The number of nitrogens with one attached hydrogen (secondary N) is 1. The molecule has 0 unspecified atom stereocenters. The predicted octanol–water partition coefficient (Wildman–Crippen LogP) is 1.93. The molecule has 0 aliphatic carbocycles. The van der Waals surface area contributed by atoms with Gasteiger partial charge in [0.1, 0.15) is 5.75 Å². The van der Waals surface area contributed by atoms with Crippen LogP contribution in [-0.4, -0.2) is 15.9 Å². The van der Waals surface area contributed by atoms with Gasteiger partial charge in [-0.15, -0.1) is 0 Å². The molecule has 1 N–H and O–H groups in total. The number of esters is 1. The zero-order chi connectivity index (χ0) is 11.0. The van der Waals surface area contributed by atoms with Crippen molar-refractivity contribution in [1.82, 2.24) is 9.97 Å². The highest BCUT2D eigenvalue weighted by atomic mass is 16.5. The molecule has 2 heterocycles. The van der Waals surface area contributed by atoms with Crippen molar-refractivity contribution in [3.63, 3.8) is 0 Å². The average molecular weight is 214 g/mol. The summed E-state index contributed by atoms with van der Waals surface area (Å²) in [6.07, 6.45) is 4.60. The summed E-state index contributed by atoms with van der Waals surface area (Å²) in [6, 6.07) is 5.88. The van der Waals surface area contributed by atoms with Crippen LogP contribution in [0.25, 0.3) is 11.3 Å². The van der Waals surface area contributed by atoms with Crippen LogP contribution in [0.2, 0.25) is 0 Å². The van der Waals surface area contributed by atoms with Gasteiger partial charge in [-0.25, -0.2) is 4.98 Å². The van der Waals surface area contributed by atoms with Gasteiger partial charge in [-0.05, 0) is 18.1 Å². The fourth-order valence-corrected chi connectivity index (χ4v) is 1.85. The maximum absolute atomic E-state index is 11.2. The molecule has 80 valence electrons. The molecule has 0 saturated heterocycles. The first-order valence-electron chi connectivity index (χ1n) is 5.15. The minimum atomic E-state index is -0.158. The third-order valence-corrected chi connectivity index (χ3v) is 2.70. The SMILES string of the molecule is O=C1CCc2ccc(-c3cnc[nH]3)cc2O1. The van der Waals surface area contributed by atoms with Gasteiger partial charge in [0, 0.05) is 5.56 Å². The van der Waals surface area contributed by atoms with E-state index < -0.39 is 0 Å². The van der Waals surface area contributed by atoms with Crippen molar-refractivity contribution >= 4 is 5.97 Å². The van der Waals surface area contributed by atoms with Crippen LogP contribution in [0.3, 0.4) is 0 Å². The van der Waals surface area contributed by atoms with Crippen LogP contribution >= 0.6 is 0 Å². The standard InChI is InChI=1S/C12H10N2O2/c15-12-4-3-8-1-2-9(5-11(8)16-12)10-6-13-7-14-10/h1-2,5-7H,3-4H2,(H,13,14). The number of aryl methyl sites for hydroxylation is 1. The number of hydrogen-bond acceptors (Lipinski definition) is 3. The topological polar surface area (TPSA) is 55.0 Å². The summed E-state index contributed by atoms with van der Waals surface area (Å²) >= 11 is 0. The molecular weight excluding hydrogens is 204 g/mol. The number of aromatic amines is 1. The second-order valence-corrected chi connectivity index (χ2v) is 3.76. The van der Waals surface area contributed by atoms with E-state index in [0.29, 0.717) is 12.2 Å². The molecule has 1 aromatic heterocycles. The number of ether oxygens (including phenoxy) is 1. The molecule has 0 radical (unpaired) electrons. The van der Waals surface area contributed by atoms with Crippen LogP contribution in [0.5, 0.6) is 5.75 Å². The number of fused-ring (bicyclic) bond motifs is 1. The molecule has 0 fully saturated rings. The van der Waals surface area contributed by atoms with Crippen LogP contribution in [0.15, 0.2) is 30.7 Å². The Morgan fingerprint density at radius 1 is 1.31 bits per heavy atom. The number of benzene rings is 1. The first-order chi connectivity index (χ1) is 7.83. The van der Waals surface area contributed by atoms with E-state index in [4.69, 9.17) is 4.74 Å². The smallest absolute Gasteiger partial charge is 0.311 e. The minimum Gasteiger partial charge on any atom is -0.426 e. The summed E-state index contributed by atoms with van der Waals surface area (Å²) in [4.78, 5) is 18.2. The van der Waals surface area contributed by atoms with E-state index in [1.807, 2.05) is 18.2 Å². The lowest BCUT2D eigenvalue weighted by atomic mass is 10.0. The van der Waals surface area contributed by atoms with Crippen LogP contribution in [0.1, 0.15) is 12.0 Å². The number of hydrogen-bond donors (Lipinski definition) is 1.